The number of carboxylic acids is 1. The molecule has 0 spiro atoms. The van der Waals surface area contributed by atoms with Crippen LogP contribution in [0.2, 0.25) is 0 Å². The summed E-state index contributed by atoms with van der Waals surface area (Å²) in [6.07, 6.45) is 0. The van der Waals surface area contributed by atoms with E-state index >= 15 is 0 Å². The minimum absolute atomic E-state index is 0.00806. The Morgan fingerprint density at radius 2 is 1.83 bits per heavy atom. The van der Waals surface area contributed by atoms with E-state index in [1.54, 1.807) is 30.3 Å². The molecule has 0 fully saturated rings. The predicted molar refractivity (Wildman–Crippen MR) is 91.0 cm³/mol. The van der Waals surface area contributed by atoms with Crippen molar-refractivity contribution in [3.05, 3.63) is 54.1 Å². The van der Waals surface area contributed by atoms with Gasteiger partial charge in [-0.2, -0.15) is 0 Å². The van der Waals surface area contributed by atoms with Crippen LogP contribution in [0.3, 0.4) is 0 Å². The zero-order chi connectivity index (χ0) is 17.7. The Morgan fingerprint density at radius 1 is 1.17 bits per heavy atom. The summed E-state index contributed by atoms with van der Waals surface area (Å²) in [6.45, 7) is 3.46. The minimum Gasteiger partial charge on any atom is -0.494 e. The van der Waals surface area contributed by atoms with Crippen LogP contribution in [0.15, 0.2) is 53.4 Å². The third kappa shape index (κ3) is 4.05. The summed E-state index contributed by atoms with van der Waals surface area (Å²) < 4.78 is 31.9. The zero-order valence-corrected chi connectivity index (χ0v) is 14.3. The first-order chi connectivity index (χ1) is 11.3. The molecule has 0 saturated heterocycles. The molecule has 0 aromatic heterocycles. The third-order valence-corrected chi connectivity index (χ3v) is 5.08. The smallest absolute Gasteiger partial charge is 0.324 e. The van der Waals surface area contributed by atoms with Gasteiger partial charge in [0.15, 0.2) is 0 Å². The molecule has 0 amide bonds. The molecule has 0 radical (unpaired) electrons. The van der Waals surface area contributed by atoms with Crippen LogP contribution in [0.1, 0.15) is 12.5 Å². The van der Waals surface area contributed by atoms with Gasteiger partial charge in [-0.15, -0.1) is 0 Å². The van der Waals surface area contributed by atoms with Gasteiger partial charge < -0.3 is 9.84 Å². The minimum atomic E-state index is -4.00. The standard InChI is InChI=1S/C17H19NO5S/c1-3-23-15-7-9-16(10-8-15)24(21,22)18(12-17(19)20)14-6-4-5-13(2)11-14/h4-11H,3,12H2,1-2H3,(H,19,20). The number of carbonyl (C=O) groups is 1. The number of sulfonamides is 1. The third-order valence-electron chi connectivity index (χ3n) is 3.29. The average Bonchev–Trinajstić information content (AvgIpc) is 2.53. The molecule has 0 unspecified atom stereocenters. The fourth-order valence-corrected chi connectivity index (χ4v) is 3.63. The number of ether oxygens (including phenoxy) is 1. The number of hydrogen-bond donors (Lipinski definition) is 1. The first-order valence-electron chi connectivity index (χ1n) is 7.38. The Labute approximate surface area is 141 Å². The maximum Gasteiger partial charge on any atom is 0.324 e. The highest BCUT2D eigenvalue weighted by Crippen LogP contribution is 2.25. The molecule has 24 heavy (non-hydrogen) atoms. The van der Waals surface area contributed by atoms with Crippen LogP contribution in [-0.2, 0) is 14.8 Å². The van der Waals surface area contributed by atoms with E-state index in [1.165, 1.54) is 12.1 Å². The van der Waals surface area contributed by atoms with Crippen LogP contribution in [0.5, 0.6) is 5.75 Å². The van der Waals surface area contributed by atoms with Crippen molar-refractivity contribution in [2.75, 3.05) is 17.5 Å². The van der Waals surface area contributed by atoms with Crippen LogP contribution < -0.4 is 9.04 Å². The summed E-state index contributed by atoms with van der Waals surface area (Å²) in [6, 6.07) is 12.6. The summed E-state index contributed by atoms with van der Waals surface area (Å²) in [5.41, 5.74) is 1.15. The lowest BCUT2D eigenvalue weighted by Gasteiger charge is -2.23. The Hall–Kier alpha value is -2.54. The molecule has 0 aliphatic rings. The SMILES string of the molecule is CCOc1ccc(S(=O)(=O)N(CC(=O)O)c2cccc(C)c2)cc1. The summed E-state index contributed by atoms with van der Waals surface area (Å²) >= 11 is 0. The Bertz CT molecular complexity index is 815. The molecule has 6 nitrogen and oxygen atoms in total. The highest BCUT2D eigenvalue weighted by atomic mass is 32.2. The second kappa shape index (κ2) is 7.35. The van der Waals surface area contributed by atoms with Crippen molar-refractivity contribution >= 4 is 21.7 Å². The van der Waals surface area contributed by atoms with Gasteiger partial charge in [0.05, 0.1) is 17.2 Å². The Balaban J connectivity index is 2.45. The largest absolute Gasteiger partial charge is 0.494 e. The molecular formula is C17H19NO5S. The van der Waals surface area contributed by atoms with E-state index in [1.807, 2.05) is 19.9 Å². The number of hydrogen-bond acceptors (Lipinski definition) is 4. The predicted octanol–water partition coefficient (Wildman–Crippen LogP) is 2.67. The number of nitrogens with zero attached hydrogens (tertiary/aromatic N) is 1. The number of aryl methyl sites for hydroxylation is 1. The maximum atomic E-state index is 12.9. The quantitative estimate of drug-likeness (QED) is 0.831. The van der Waals surface area contributed by atoms with Crippen LogP contribution in [0.4, 0.5) is 5.69 Å². The molecule has 0 heterocycles. The van der Waals surface area contributed by atoms with Gasteiger partial charge in [0.2, 0.25) is 0 Å². The van der Waals surface area contributed by atoms with E-state index in [0.29, 0.717) is 18.0 Å². The van der Waals surface area contributed by atoms with Crippen molar-refractivity contribution in [3.63, 3.8) is 0 Å². The van der Waals surface area contributed by atoms with E-state index in [-0.39, 0.29) is 4.90 Å². The average molecular weight is 349 g/mol. The van der Waals surface area contributed by atoms with E-state index in [9.17, 15) is 13.2 Å². The molecule has 0 bridgehead atoms. The van der Waals surface area contributed by atoms with Crippen molar-refractivity contribution in [3.8, 4) is 5.75 Å². The fourth-order valence-electron chi connectivity index (χ4n) is 2.22. The summed E-state index contributed by atoms with van der Waals surface area (Å²) in [5, 5.41) is 9.11. The lowest BCUT2D eigenvalue weighted by molar-refractivity contribution is -0.135. The van der Waals surface area contributed by atoms with E-state index in [2.05, 4.69) is 0 Å². The van der Waals surface area contributed by atoms with Gasteiger partial charge in [-0.25, -0.2) is 8.42 Å². The second-order valence-corrected chi connectivity index (χ2v) is 7.01. The van der Waals surface area contributed by atoms with Gasteiger partial charge in [-0.3, -0.25) is 9.10 Å². The van der Waals surface area contributed by atoms with Crippen molar-refractivity contribution in [2.24, 2.45) is 0 Å². The van der Waals surface area contributed by atoms with Gasteiger partial charge >= 0.3 is 5.97 Å². The number of benzene rings is 2. The number of rotatable bonds is 7. The summed E-state index contributed by atoms with van der Waals surface area (Å²) in [4.78, 5) is 11.2. The topological polar surface area (TPSA) is 83.9 Å². The van der Waals surface area contributed by atoms with Crippen LogP contribution in [0, 0.1) is 6.92 Å². The van der Waals surface area contributed by atoms with Gasteiger partial charge in [0, 0.05) is 0 Å². The number of anilines is 1. The first-order valence-corrected chi connectivity index (χ1v) is 8.82. The zero-order valence-electron chi connectivity index (χ0n) is 13.5. The van der Waals surface area contributed by atoms with Crippen LogP contribution >= 0.6 is 0 Å². The molecule has 7 heteroatoms. The fraction of sp³-hybridized carbons (Fsp3) is 0.235. The maximum absolute atomic E-state index is 12.9. The first kappa shape index (κ1) is 17.8. The summed E-state index contributed by atoms with van der Waals surface area (Å²) in [5.74, 6) is -0.678. The highest BCUT2D eigenvalue weighted by Gasteiger charge is 2.27. The molecule has 128 valence electrons. The van der Waals surface area contributed by atoms with Gasteiger partial charge in [-0.05, 0) is 55.8 Å². The second-order valence-electron chi connectivity index (χ2n) is 5.15. The molecule has 0 aliphatic heterocycles. The van der Waals surface area contributed by atoms with Crippen molar-refractivity contribution < 1.29 is 23.1 Å². The molecule has 0 aliphatic carbocycles. The molecule has 0 saturated carbocycles. The lowest BCUT2D eigenvalue weighted by Crippen LogP contribution is -2.35. The number of carboxylic acid groups (broad SMARTS) is 1. The summed E-state index contributed by atoms with van der Waals surface area (Å²) in [7, 11) is -4.00. The molecule has 2 aromatic carbocycles. The molecule has 2 rings (SSSR count). The van der Waals surface area contributed by atoms with Gasteiger partial charge in [0.25, 0.3) is 10.0 Å². The van der Waals surface area contributed by atoms with Crippen LogP contribution in [0.25, 0.3) is 0 Å². The van der Waals surface area contributed by atoms with E-state index in [4.69, 9.17) is 9.84 Å². The number of aliphatic carboxylic acids is 1. The van der Waals surface area contributed by atoms with E-state index in [0.717, 1.165) is 9.87 Å². The Morgan fingerprint density at radius 3 is 2.38 bits per heavy atom. The van der Waals surface area contributed by atoms with Gasteiger partial charge in [0.1, 0.15) is 12.3 Å². The van der Waals surface area contributed by atoms with Crippen LogP contribution in [-0.4, -0.2) is 32.6 Å². The Kier molecular flexibility index (Phi) is 5.46. The monoisotopic (exact) mass is 349 g/mol. The molecule has 0 atom stereocenters. The molecular weight excluding hydrogens is 330 g/mol. The molecule has 1 N–H and O–H groups in total. The highest BCUT2D eigenvalue weighted by molar-refractivity contribution is 7.92. The van der Waals surface area contributed by atoms with Crippen molar-refractivity contribution in [1.82, 2.24) is 0 Å². The van der Waals surface area contributed by atoms with E-state index < -0.39 is 22.5 Å². The lowest BCUT2D eigenvalue weighted by atomic mass is 10.2. The normalized spacial score (nSPS) is 11.1. The molecule has 2 aromatic rings. The van der Waals surface area contributed by atoms with Crippen molar-refractivity contribution in [2.45, 2.75) is 18.7 Å². The van der Waals surface area contributed by atoms with Crippen molar-refractivity contribution in [1.29, 1.82) is 0 Å². The van der Waals surface area contributed by atoms with Gasteiger partial charge in [-0.1, -0.05) is 12.1 Å².